The Bertz CT molecular complexity index is 370. The van der Waals surface area contributed by atoms with Gasteiger partial charge in [0.1, 0.15) is 0 Å². The molecule has 0 saturated carbocycles. The molecule has 1 N–H and O–H groups in total. The first-order valence-electron chi connectivity index (χ1n) is 7.61. The molecule has 19 heavy (non-hydrogen) atoms. The minimum absolute atomic E-state index is 0.298. The average molecular weight is 290 g/mol. The highest BCUT2D eigenvalue weighted by molar-refractivity contribution is 8.15. The van der Waals surface area contributed by atoms with Crippen LogP contribution in [0.15, 0.2) is 0 Å². The second-order valence-electron chi connectivity index (χ2n) is 7.43. The van der Waals surface area contributed by atoms with Gasteiger partial charge >= 0.3 is 0 Å². The summed E-state index contributed by atoms with van der Waals surface area (Å²) in [5.41, 5.74) is 0.298. The van der Waals surface area contributed by atoms with E-state index < -0.39 is 9.33 Å². The summed E-state index contributed by atoms with van der Waals surface area (Å²) in [5.74, 6) is 0. The lowest BCUT2D eigenvalue weighted by atomic mass is 9.78. The summed E-state index contributed by atoms with van der Waals surface area (Å²) in [4.78, 5) is 0. The van der Waals surface area contributed by atoms with Crippen molar-refractivity contribution in [1.29, 1.82) is 4.78 Å². The zero-order valence-corrected chi connectivity index (χ0v) is 14.9. The van der Waals surface area contributed by atoms with Crippen molar-refractivity contribution in [1.82, 2.24) is 8.61 Å². The molecule has 1 aliphatic heterocycles. The van der Waals surface area contributed by atoms with Crippen LogP contribution in [-0.2, 0) is 9.33 Å². The molecule has 1 rings (SSSR count). The van der Waals surface area contributed by atoms with E-state index in [2.05, 4.69) is 56.0 Å². The predicted molar refractivity (Wildman–Crippen MR) is 88.7 cm³/mol. The average Bonchev–Trinajstić information content (AvgIpc) is 2.26. The van der Waals surface area contributed by atoms with Gasteiger partial charge in [-0.2, -0.15) is 0 Å². The van der Waals surface area contributed by atoms with Crippen molar-refractivity contribution in [3.8, 4) is 0 Å². The highest BCUT2D eigenvalue weighted by atomic mass is 32.3. The fourth-order valence-electron chi connectivity index (χ4n) is 3.42. The lowest BCUT2D eigenvalue weighted by Crippen LogP contribution is -2.62. The molecule has 0 aromatic rings. The molecule has 1 unspecified atom stereocenters. The largest absolute Gasteiger partial charge is 0.274 e. The molecule has 4 heteroatoms. The van der Waals surface area contributed by atoms with E-state index in [0.717, 1.165) is 13.0 Å². The normalized spacial score (nSPS) is 35.1. The van der Waals surface area contributed by atoms with E-state index in [9.17, 15) is 0 Å². The van der Waals surface area contributed by atoms with Crippen molar-refractivity contribution >= 4 is 9.33 Å². The summed E-state index contributed by atoms with van der Waals surface area (Å²) in [7, 11) is 1.93. The van der Waals surface area contributed by atoms with Crippen LogP contribution >= 0.6 is 0 Å². The minimum Gasteiger partial charge on any atom is -0.274 e. The fourth-order valence-corrected chi connectivity index (χ4v) is 5.72. The lowest BCUT2D eigenvalue weighted by molar-refractivity contribution is 0.150. The maximum Gasteiger partial charge on any atom is 0.0251 e. The Kier molecular flexibility index (Phi) is 4.92. The third-order valence-corrected chi connectivity index (χ3v) is 9.26. The molecule has 116 valence electrons. The number of nitrogens with one attached hydrogen (secondary N) is 1. The van der Waals surface area contributed by atoms with Crippen molar-refractivity contribution in [3.05, 3.63) is 0 Å². The van der Waals surface area contributed by atoms with Gasteiger partial charge in [0.25, 0.3) is 0 Å². The molecule has 0 aliphatic carbocycles. The molecular weight excluding hydrogens is 254 g/mol. The van der Waals surface area contributed by atoms with Gasteiger partial charge in [0.2, 0.25) is 0 Å². The van der Waals surface area contributed by atoms with Gasteiger partial charge < -0.3 is 0 Å². The Labute approximate surface area is 120 Å². The molecule has 1 fully saturated rings. The maximum atomic E-state index is 9.17. The highest BCUT2D eigenvalue weighted by Gasteiger charge is 2.41. The van der Waals surface area contributed by atoms with Crippen LogP contribution in [0.4, 0.5) is 0 Å². The molecule has 1 saturated heterocycles. The van der Waals surface area contributed by atoms with Crippen LogP contribution in [0.1, 0.15) is 52.9 Å². The Morgan fingerprint density at radius 1 is 1.16 bits per heavy atom. The SMILES string of the molecule is CCC1N(C)S(C)(C)(=N)N(C)CCCCCC1(C)C. The maximum absolute atomic E-state index is 9.17. The number of nitrogens with zero attached hydrogens (tertiary/aromatic N) is 2. The van der Waals surface area contributed by atoms with Crippen LogP contribution in [0.5, 0.6) is 0 Å². The number of hydrogen-bond donors (Lipinski definition) is 1. The topological polar surface area (TPSA) is 30.3 Å². The van der Waals surface area contributed by atoms with Gasteiger partial charge in [-0.25, -0.2) is 4.31 Å². The summed E-state index contributed by atoms with van der Waals surface area (Å²) in [6.45, 7) is 8.11. The second-order valence-corrected chi connectivity index (χ2v) is 12.3. The van der Waals surface area contributed by atoms with E-state index in [1.54, 1.807) is 0 Å². The molecule has 0 aromatic carbocycles. The summed E-state index contributed by atoms with van der Waals surface area (Å²) in [6, 6.07) is 0.488. The molecular formula is C15H35N3S. The number of rotatable bonds is 1. The zero-order chi connectivity index (χ0) is 14.9. The highest BCUT2D eigenvalue weighted by Crippen LogP contribution is 2.40. The molecule has 0 spiro atoms. The first-order valence-corrected chi connectivity index (χ1v) is 10.4. The standard InChI is InChI=1S/C15H35N3S/c1-8-14-15(2,3)12-10-9-11-13-17(4)19(6,7,16)18(14)5/h14,16H,8-13H2,1-7H3. The van der Waals surface area contributed by atoms with Gasteiger partial charge in [-0.1, -0.05) is 33.6 Å². The molecule has 3 nitrogen and oxygen atoms in total. The van der Waals surface area contributed by atoms with Crippen molar-refractivity contribution in [3.63, 3.8) is 0 Å². The second kappa shape index (κ2) is 5.45. The van der Waals surface area contributed by atoms with Crippen molar-refractivity contribution in [2.75, 3.05) is 33.2 Å². The fraction of sp³-hybridized carbons (Fsp3) is 1.00. The third-order valence-electron chi connectivity index (χ3n) is 5.29. The Morgan fingerprint density at radius 2 is 1.74 bits per heavy atom. The zero-order valence-electron chi connectivity index (χ0n) is 14.1. The van der Waals surface area contributed by atoms with E-state index in [1.165, 1.54) is 25.7 Å². The van der Waals surface area contributed by atoms with Gasteiger partial charge in [0, 0.05) is 12.6 Å². The van der Waals surface area contributed by atoms with Crippen molar-refractivity contribution in [2.24, 2.45) is 5.41 Å². The van der Waals surface area contributed by atoms with E-state index >= 15 is 0 Å². The molecule has 1 heterocycles. The molecule has 0 aromatic heterocycles. The minimum atomic E-state index is -2.40. The van der Waals surface area contributed by atoms with Crippen LogP contribution in [-0.4, -0.2) is 47.8 Å². The summed E-state index contributed by atoms with van der Waals surface area (Å²) in [6.07, 6.45) is 10.6. The van der Waals surface area contributed by atoms with Crippen LogP contribution in [0.25, 0.3) is 0 Å². The van der Waals surface area contributed by atoms with Gasteiger partial charge in [-0.05, 0) is 51.3 Å². The van der Waals surface area contributed by atoms with E-state index in [-0.39, 0.29) is 0 Å². The van der Waals surface area contributed by atoms with Crippen LogP contribution in [0.3, 0.4) is 0 Å². The number of hydrogen-bond acceptors (Lipinski definition) is 1. The lowest BCUT2D eigenvalue weighted by Gasteiger charge is -2.59. The monoisotopic (exact) mass is 289 g/mol. The van der Waals surface area contributed by atoms with Crippen LogP contribution in [0, 0.1) is 10.2 Å². The first kappa shape index (κ1) is 17.1. The smallest absolute Gasteiger partial charge is 0.0251 e. The van der Waals surface area contributed by atoms with Crippen molar-refractivity contribution in [2.45, 2.75) is 58.9 Å². The van der Waals surface area contributed by atoms with Gasteiger partial charge in [0.15, 0.2) is 0 Å². The Hall–Kier alpha value is 0.0700. The van der Waals surface area contributed by atoms with E-state index in [4.69, 9.17) is 4.78 Å². The van der Waals surface area contributed by atoms with Gasteiger partial charge in [-0.15, -0.1) is 9.33 Å². The van der Waals surface area contributed by atoms with Crippen LogP contribution < -0.4 is 0 Å². The first-order chi connectivity index (χ1) is 8.51. The molecule has 0 radical (unpaired) electrons. The van der Waals surface area contributed by atoms with Gasteiger partial charge in [0.05, 0.1) is 0 Å². The van der Waals surface area contributed by atoms with E-state index in [1.807, 2.05) is 0 Å². The summed E-state index contributed by atoms with van der Waals surface area (Å²) in [5, 5.41) is 0. The Balaban J connectivity index is 3.21. The van der Waals surface area contributed by atoms with Crippen LogP contribution in [0.2, 0.25) is 0 Å². The molecule has 1 atom stereocenters. The van der Waals surface area contributed by atoms with Gasteiger partial charge in [-0.3, -0.25) is 9.08 Å². The molecule has 1 aliphatic rings. The predicted octanol–water partition coefficient (Wildman–Crippen LogP) is 3.77. The summed E-state index contributed by atoms with van der Waals surface area (Å²) >= 11 is 0. The summed E-state index contributed by atoms with van der Waals surface area (Å²) < 4.78 is 13.9. The third kappa shape index (κ3) is 3.40. The molecule has 0 bridgehead atoms. The quantitative estimate of drug-likeness (QED) is 0.796. The van der Waals surface area contributed by atoms with E-state index in [0.29, 0.717) is 11.5 Å². The Morgan fingerprint density at radius 3 is 2.26 bits per heavy atom. The molecule has 0 amide bonds. The van der Waals surface area contributed by atoms with Crippen molar-refractivity contribution < 1.29 is 0 Å².